The highest BCUT2D eigenvalue weighted by Crippen LogP contribution is 2.51. The Kier molecular flexibility index (Phi) is 6.15. The zero-order chi connectivity index (χ0) is 17.0. The summed E-state index contributed by atoms with van der Waals surface area (Å²) < 4.78 is 0. The van der Waals surface area contributed by atoms with E-state index in [1.165, 1.54) is 67.2 Å². The van der Waals surface area contributed by atoms with Gasteiger partial charge in [0.05, 0.1) is 0 Å². The van der Waals surface area contributed by atoms with Gasteiger partial charge in [-0.15, -0.1) is 5.73 Å². The van der Waals surface area contributed by atoms with E-state index < -0.39 is 0 Å². The third-order valence-electron chi connectivity index (χ3n) is 6.75. The van der Waals surface area contributed by atoms with Gasteiger partial charge in [-0.25, -0.2) is 0 Å². The third kappa shape index (κ3) is 3.92. The van der Waals surface area contributed by atoms with E-state index in [4.69, 9.17) is 0 Å². The fourth-order valence-electron chi connectivity index (χ4n) is 4.68. The van der Waals surface area contributed by atoms with Gasteiger partial charge in [-0.1, -0.05) is 53.0 Å². The van der Waals surface area contributed by atoms with Crippen LogP contribution in [0.4, 0.5) is 0 Å². The van der Waals surface area contributed by atoms with E-state index in [9.17, 15) is 0 Å². The van der Waals surface area contributed by atoms with Gasteiger partial charge in [0.1, 0.15) is 0 Å². The molecule has 0 heteroatoms. The van der Waals surface area contributed by atoms with Crippen LogP contribution in [0.25, 0.3) is 0 Å². The lowest BCUT2D eigenvalue weighted by Gasteiger charge is -2.46. The van der Waals surface area contributed by atoms with Crippen LogP contribution in [0.5, 0.6) is 0 Å². The van der Waals surface area contributed by atoms with Crippen LogP contribution < -0.4 is 0 Å². The van der Waals surface area contributed by atoms with E-state index in [1.54, 1.807) is 0 Å². The Morgan fingerprint density at radius 1 is 1.30 bits per heavy atom. The van der Waals surface area contributed by atoms with Crippen LogP contribution in [0.2, 0.25) is 0 Å². The Balaban J connectivity index is 2.29. The maximum absolute atomic E-state index is 4.62. The molecule has 0 aromatic carbocycles. The molecule has 0 aliphatic heterocycles. The topological polar surface area (TPSA) is 0 Å². The van der Waals surface area contributed by atoms with Crippen LogP contribution in [0.1, 0.15) is 86.0 Å². The van der Waals surface area contributed by atoms with Gasteiger partial charge in [-0.2, -0.15) is 0 Å². The molecule has 0 heterocycles. The molecular formula is C23H36. The summed E-state index contributed by atoms with van der Waals surface area (Å²) >= 11 is 0. The Morgan fingerprint density at radius 2 is 1.96 bits per heavy atom. The van der Waals surface area contributed by atoms with Crippen LogP contribution in [0.15, 0.2) is 40.7 Å². The molecule has 2 unspecified atom stereocenters. The summed E-state index contributed by atoms with van der Waals surface area (Å²) in [4.78, 5) is 0. The third-order valence-corrected chi connectivity index (χ3v) is 6.75. The largest absolute Gasteiger partial charge is 0.118 e. The molecule has 1 fully saturated rings. The van der Waals surface area contributed by atoms with Gasteiger partial charge in [0, 0.05) is 0 Å². The SMILES string of the molecule is C=C(/C(C)=C\C1=C=C(C)CC1)C(C)(C(C)CC)C1CCCCC1. The lowest BCUT2D eigenvalue weighted by atomic mass is 9.58. The van der Waals surface area contributed by atoms with Crippen LogP contribution in [-0.2, 0) is 0 Å². The van der Waals surface area contributed by atoms with Crippen molar-refractivity contribution in [1.29, 1.82) is 0 Å². The average Bonchev–Trinajstić information content (AvgIpc) is 2.98. The van der Waals surface area contributed by atoms with Crippen molar-refractivity contribution in [3.05, 3.63) is 40.7 Å². The lowest BCUT2D eigenvalue weighted by molar-refractivity contribution is 0.111. The van der Waals surface area contributed by atoms with E-state index >= 15 is 0 Å². The van der Waals surface area contributed by atoms with Gasteiger partial charge < -0.3 is 0 Å². The summed E-state index contributed by atoms with van der Waals surface area (Å²) in [7, 11) is 0. The second kappa shape index (κ2) is 7.71. The first-order chi connectivity index (χ1) is 10.9. The molecule has 2 aliphatic carbocycles. The fourth-order valence-corrected chi connectivity index (χ4v) is 4.68. The van der Waals surface area contributed by atoms with Gasteiger partial charge in [0.2, 0.25) is 0 Å². The van der Waals surface area contributed by atoms with Crippen molar-refractivity contribution in [2.45, 2.75) is 86.0 Å². The predicted molar refractivity (Wildman–Crippen MR) is 102 cm³/mol. The van der Waals surface area contributed by atoms with Gasteiger partial charge in [0.15, 0.2) is 0 Å². The van der Waals surface area contributed by atoms with Crippen molar-refractivity contribution in [1.82, 2.24) is 0 Å². The molecule has 0 saturated heterocycles. The summed E-state index contributed by atoms with van der Waals surface area (Å²) in [5.41, 5.74) is 9.31. The summed E-state index contributed by atoms with van der Waals surface area (Å²) in [5, 5.41) is 0. The van der Waals surface area contributed by atoms with Crippen molar-refractivity contribution in [2.75, 3.05) is 0 Å². The molecule has 0 bridgehead atoms. The van der Waals surface area contributed by atoms with Crippen molar-refractivity contribution >= 4 is 0 Å². The molecule has 0 amide bonds. The van der Waals surface area contributed by atoms with E-state index in [0.29, 0.717) is 5.92 Å². The highest BCUT2D eigenvalue weighted by molar-refractivity contribution is 5.40. The fraction of sp³-hybridized carbons (Fsp3) is 0.696. The minimum atomic E-state index is 0.244. The molecule has 0 nitrogen and oxygen atoms in total. The highest BCUT2D eigenvalue weighted by atomic mass is 14.5. The summed E-state index contributed by atoms with van der Waals surface area (Å²) in [6.07, 6.45) is 12.9. The number of hydrogen-bond acceptors (Lipinski definition) is 0. The van der Waals surface area contributed by atoms with E-state index in [2.05, 4.69) is 53.0 Å². The van der Waals surface area contributed by atoms with Crippen LogP contribution in [0, 0.1) is 17.3 Å². The molecule has 2 atom stereocenters. The van der Waals surface area contributed by atoms with Crippen molar-refractivity contribution in [2.24, 2.45) is 17.3 Å². The Hall–Kier alpha value is -1.00. The highest BCUT2D eigenvalue weighted by Gasteiger charge is 2.41. The normalized spacial score (nSPS) is 24.0. The first-order valence-electron chi connectivity index (χ1n) is 9.72. The number of hydrogen-bond donors (Lipinski definition) is 0. The number of rotatable bonds is 6. The first kappa shape index (κ1) is 18.3. The lowest BCUT2D eigenvalue weighted by Crippen LogP contribution is -2.37. The molecule has 0 spiro atoms. The minimum absolute atomic E-state index is 0.244. The Bertz CT molecular complexity index is 532. The molecule has 0 radical (unpaired) electrons. The number of allylic oxidation sites excluding steroid dienone is 4. The second-order valence-corrected chi connectivity index (χ2v) is 8.16. The standard InChI is InChI=1S/C23H36/c1-7-19(4)23(6,22-11-9-8-10-12-22)20(5)18(3)16-21-14-13-17(2)15-21/h16,19,22H,5,7-14H2,1-4,6H3/b18-16-. The maximum atomic E-state index is 4.62. The first-order valence-corrected chi connectivity index (χ1v) is 9.72. The molecule has 2 aliphatic rings. The predicted octanol–water partition coefficient (Wildman–Crippen LogP) is 7.39. The molecule has 23 heavy (non-hydrogen) atoms. The van der Waals surface area contributed by atoms with Crippen LogP contribution in [-0.4, -0.2) is 0 Å². The maximum Gasteiger partial charge on any atom is -0.00248 e. The van der Waals surface area contributed by atoms with Crippen molar-refractivity contribution in [3.63, 3.8) is 0 Å². The average molecular weight is 313 g/mol. The molecular weight excluding hydrogens is 276 g/mol. The smallest absolute Gasteiger partial charge is 0.00248 e. The van der Waals surface area contributed by atoms with Crippen molar-refractivity contribution < 1.29 is 0 Å². The zero-order valence-electron chi connectivity index (χ0n) is 16.1. The molecule has 0 N–H and O–H groups in total. The monoisotopic (exact) mass is 312 g/mol. The van der Waals surface area contributed by atoms with E-state index in [1.807, 2.05) is 0 Å². The van der Waals surface area contributed by atoms with Gasteiger partial charge in [0.25, 0.3) is 0 Å². The van der Waals surface area contributed by atoms with E-state index in [0.717, 1.165) is 12.3 Å². The van der Waals surface area contributed by atoms with Crippen LogP contribution in [0.3, 0.4) is 0 Å². The van der Waals surface area contributed by atoms with E-state index in [-0.39, 0.29) is 5.41 Å². The minimum Gasteiger partial charge on any atom is -0.118 e. The molecule has 0 aromatic rings. The second-order valence-electron chi connectivity index (χ2n) is 8.16. The Morgan fingerprint density at radius 3 is 2.48 bits per heavy atom. The van der Waals surface area contributed by atoms with Crippen molar-refractivity contribution in [3.8, 4) is 0 Å². The summed E-state index contributed by atoms with van der Waals surface area (Å²) in [6, 6.07) is 0. The Labute approximate surface area is 144 Å². The summed E-state index contributed by atoms with van der Waals surface area (Å²) in [6.45, 7) is 16.4. The van der Waals surface area contributed by atoms with Gasteiger partial charge >= 0.3 is 0 Å². The zero-order valence-corrected chi connectivity index (χ0v) is 16.1. The van der Waals surface area contributed by atoms with Crippen LogP contribution >= 0.6 is 0 Å². The molecule has 2 rings (SSSR count). The quantitative estimate of drug-likeness (QED) is 0.354. The summed E-state index contributed by atoms with van der Waals surface area (Å²) in [5.74, 6) is 1.49. The molecule has 1 saturated carbocycles. The van der Waals surface area contributed by atoms with Gasteiger partial charge in [-0.3, -0.25) is 0 Å². The molecule has 128 valence electrons. The van der Waals surface area contributed by atoms with Gasteiger partial charge in [-0.05, 0) is 85.2 Å². The molecule has 0 aromatic heterocycles.